The van der Waals surface area contributed by atoms with Gasteiger partial charge in [-0.1, -0.05) is 0 Å². The average molecular weight is 219 g/mol. The normalized spacial score (nSPS) is 27.8. The molecule has 0 amide bonds. The lowest BCUT2D eigenvalue weighted by Crippen LogP contribution is -2.44. The highest BCUT2D eigenvalue weighted by Crippen LogP contribution is 2.31. The molecule has 0 aliphatic carbocycles. The Kier molecular flexibility index (Phi) is 2.04. The standard InChI is InChI=1S/C11H17N5/c1-6-7(2)14-11(12)15-10(6)16-5-8-3-9(16)4-13-8/h8-9,13H,3-5H2,1-2H3,(H2,12,14,15)/t8-,9+/m1/s1. The Morgan fingerprint density at radius 3 is 2.81 bits per heavy atom. The molecule has 1 aromatic rings. The van der Waals surface area contributed by atoms with E-state index in [9.17, 15) is 0 Å². The van der Waals surface area contributed by atoms with Crippen molar-refractivity contribution in [2.45, 2.75) is 32.4 Å². The van der Waals surface area contributed by atoms with Gasteiger partial charge in [0.05, 0.1) is 0 Å². The predicted octanol–water partition coefficient (Wildman–Crippen LogP) is 0.226. The Hall–Kier alpha value is -1.36. The fraction of sp³-hybridized carbons (Fsp3) is 0.636. The molecule has 1 aromatic heterocycles. The number of nitrogens with two attached hydrogens (primary N) is 1. The number of hydrogen-bond donors (Lipinski definition) is 2. The number of nitrogens with zero attached hydrogens (tertiary/aromatic N) is 3. The van der Waals surface area contributed by atoms with E-state index in [1.165, 1.54) is 6.42 Å². The summed E-state index contributed by atoms with van der Waals surface area (Å²) < 4.78 is 0. The molecule has 0 radical (unpaired) electrons. The third-order valence-corrected chi connectivity index (χ3v) is 3.71. The van der Waals surface area contributed by atoms with Crippen LogP contribution < -0.4 is 16.0 Å². The first kappa shape index (κ1) is 9.84. The van der Waals surface area contributed by atoms with E-state index in [-0.39, 0.29) is 0 Å². The lowest BCUT2D eigenvalue weighted by Gasteiger charge is -2.30. The number of piperazine rings is 1. The lowest BCUT2D eigenvalue weighted by atomic mass is 10.2. The summed E-state index contributed by atoms with van der Waals surface area (Å²) in [5.41, 5.74) is 7.87. The third-order valence-electron chi connectivity index (χ3n) is 3.71. The van der Waals surface area contributed by atoms with Crippen molar-refractivity contribution >= 4 is 11.8 Å². The van der Waals surface area contributed by atoms with E-state index < -0.39 is 0 Å². The summed E-state index contributed by atoms with van der Waals surface area (Å²) in [7, 11) is 0. The molecule has 2 aliphatic heterocycles. The van der Waals surface area contributed by atoms with Crippen molar-refractivity contribution in [2.75, 3.05) is 23.7 Å². The van der Waals surface area contributed by atoms with E-state index in [4.69, 9.17) is 5.73 Å². The van der Waals surface area contributed by atoms with Crippen molar-refractivity contribution in [3.8, 4) is 0 Å². The van der Waals surface area contributed by atoms with Gasteiger partial charge in [0, 0.05) is 36.4 Å². The number of aromatic nitrogens is 2. The summed E-state index contributed by atoms with van der Waals surface area (Å²) in [5.74, 6) is 1.41. The van der Waals surface area contributed by atoms with Crippen LogP contribution in [-0.4, -0.2) is 35.1 Å². The molecular formula is C11H17N5. The Morgan fingerprint density at radius 1 is 1.38 bits per heavy atom. The number of rotatable bonds is 1. The molecule has 2 fully saturated rings. The van der Waals surface area contributed by atoms with Crippen molar-refractivity contribution in [1.29, 1.82) is 0 Å². The minimum atomic E-state index is 0.383. The molecule has 0 saturated carbocycles. The van der Waals surface area contributed by atoms with Crippen LogP contribution in [0.2, 0.25) is 0 Å². The van der Waals surface area contributed by atoms with Crippen LogP contribution in [0.25, 0.3) is 0 Å². The van der Waals surface area contributed by atoms with Gasteiger partial charge in [-0.2, -0.15) is 4.98 Å². The Labute approximate surface area is 95.1 Å². The van der Waals surface area contributed by atoms with Gasteiger partial charge in [-0.3, -0.25) is 0 Å². The second kappa shape index (κ2) is 3.31. The molecule has 5 heteroatoms. The van der Waals surface area contributed by atoms with Gasteiger partial charge in [0.1, 0.15) is 5.82 Å². The summed E-state index contributed by atoms with van der Waals surface area (Å²) in [6, 6.07) is 1.21. The first-order chi connectivity index (χ1) is 7.65. The minimum Gasteiger partial charge on any atom is -0.368 e. The molecule has 2 atom stereocenters. The maximum absolute atomic E-state index is 5.73. The smallest absolute Gasteiger partial charge is 0.222 e. The van der Waals surface area contributed by atoms with Crippen molar-refractivity contribution in [2.24, 2.45) is 0 Å². The Morgan fingerprint density at radius 2 is 2.19 bits per heavy atom. The summed E-state index contributed by atoms with van der Waals surface area (Å²) in [6.07, 6.45) is 1.22. The number of aryl methyl sites for hydroxylation is 1. The first-order valence-electron chi connectivity index (χ1n) is 5.76. The zero-order chi connectivity index (χ0) is 11.3. The Bertz CT molecular complexity index is 431. The van der Waals surface area contributed by atoms with Gasteiger partial charge in [0.25, 0.3) is 0 Å². The van der Waals surface area contributed by atoms with Crippen LogP contribution in [0.4, 0.5) is 11.8 Å². The highest BCUT2D eigenvalue weighted by molar-refractivity contribution is 5.53. The van der Waals surface area contributed by atoms with Crippen molar-refractivity contribution in [3.05, 3.63) is 11.3 Å². The van der Waals surface area contributed by atoms with Crippen LogP contribution in [0.1, 0.15) is 17.7 Å². The first-order valence-corrected chi connectivity index (χ1v) is 5.76. The van der Waals surface area contributed by atoms with Gasteiger partial charge in [0.15, 0.2) is 0 Å². The molecule has 0 aromatic carbocycles. The molecule has 2 bridgehead atoms. The predicted molar refractivity (Wildman–Crippen MR) is 63.5 cm³/mol. The quantitative estimate of drug-likeness (QED) is 0.707. The average Bonchev–Trinajstić information content (AvgIpc) is 2.84. The summed E-state index contributed by atoms with van der Waals surface area (Å²) in [6.45, 7) is 6.17. The lowest BCUT2D eigenvalue weighted by molar-refractivity contribution is 0.575. The zero-order valence-electron chi connectivity index (χ0n) is 9.70. The fourth-order valence-corrected chi connectivity index (χ4v) is 2.73. The molecule has 3 N–H and O–H groups in total. The van der Waals surface area contributed by atoms with Gasteiger partial charge in [-0.15, -0.1) is 0 Å². The molecule has 86 valence electrons. The molecule has 5 nitrogen and oxygen atoms in total. The summed E-state index contributed by atoms with van der Waals surface area (Å²) >= 11 is 0. The van der Waals surface area contributed by atoms with E-state index >= 15 is 0 Å². The highest BCUT2D eigenvalue weighted by Gasteiger charge is 2.38. The highest BCUT2D eigenvalue weighted by atomic mass is 15.3. The molecule has 3 rings (SSSR count). The van der Waals surface area contributed by atoms with Crippen LogP contribution in [0.3, 0.4) is 0 Å². The van der Waals surface area contributed by atoms with Crippen molar-refractivity contribution < 1.29 is 0 Å². The molecule has 3 heterocycles. The number of fused-ring (bicyclic) bond motifs is 2. The van der Waals surface area contributed by atoms with Gasteiger partial charge in [-0.05, 0) is 20.3 Å². The molecule has 0 spiro atoms. The van der Waals surface area contributed by atoms with Crippen LogP contribution in [0.15, 0.2) is 0 Å². The molecule has 2 aliphatic rings. The SMILES string of the molecule is Cc1nc(N)nc(N2C[C@H]3C[C@H]2CN3)c1C. The number of anilines is 2. The van der Waals surface area contributed by atoms with Gasteiger partial charge >= 0.3 is 0 Å². The van der Waals surface area contributed by atoms with Gasteiger partial charge < -0.3 is 16.0 Å². The van der Waals surface area contributed by atoms with Gasteiger partial charge in [-0.25, -0.2) is 4.98 Å². The molecule has 0 unspecified atom stereocenters. The second-order valence-corrected chi connectivity index (χ2v) is 4.76. The maximum atomic E-state index is 5.73. The van der Waals surface area contributed by atoms with E-state index in [0.717, 1.165) is 30.2 Å². The fourth-order valence-electron chi connectivity index (χ4n) is 2.73. The van der Waals surface area contributed by atoms with Crippen LogP contribution >= 0.6 is 0 Å². The number of hydrogen-bond acceptors (Lipinski definition) is 5. The third kappa shape index (κ3) is 1.35. The molecular weight excluding hydrogens is 202 g/mol. The summed E-state index contributed by atoms with van der Waals surface area (Å²) in [5, 5.41) is 3.49. The molecule has 2 saturated heterocycles. The summed E-state index contributed by atoms with van der Waals surface area (Å²) in [4.78, 5) is 11.0. The molecule has 16 heavy (non-hydrogen) atoms. The minimum absolute atomic E-state index is 0.383. The van der Waals surface area contributed by atoms with Crippen molar-refractivity contribution in [1.82, 2.24) is 15.3 Å². The van der Waals surface area contributed by atoms with E-state index in [1.807, 2.05) is 6.92 Å². The van der Waals surface area contributed by atoms with E-state index in [2.05, 4.69) is 27.1 Å². The largest absolute Gasteiger partial charge is 0.368 e. The van der Waals surface area contributed by atoms with E-state index in [1.54, 1.807) is 0 Å². The number of nitrogens with one attached hydrogen (secondary N) is 1. The monoisotopic (exact) mass is 219 g/mol. The second-order valence-electron chi connectivity index (χ2n) is 4.76. The Balaban J connectivity index is 2.00. The number of nitrogen functional groups attached to an aromatic ring is 1. The van der Waals surface area contributed by atoms with E-state index in [0.29, 0.717) is 18.0 Å². The van der Waals surface area contributed by atoms with Crippen LogP contribution in [0, 0.1) is 13.8 Å². The maximum Gasteiger partial charge on any atom is 0.222 e. The topological polar surface area (TPSA) is 67.1 Å². The van der Waals surface area contributed by atoms with Crippen LogP contribution in [-0.2, 0) is 0 Å². The zero-order valence-corrected chi connectivity index (χ0v) is 9.70. The van der Waals surface area contributed by atoms with Crippen molar-refractivity contribution in [3.63, 3.8) is 0 Å². The van der Waals surface area contributed by atoms with Crippen LogP contribution in [0.5, 0.6) is 0 Å². The van der Waals surface area contributed by atoms with Gasteiger partial charge in [0.2, 0.25) is 5.95 Å².